The number of benzene rings is 2. The lowest BCUT2D eigenvalue weighted by Crippen LogP contribution is -2.41. The van der Waals surface area contributed by atoms with Gasteiger partial charge < -0.3 is 5.32 Å². The minimum Gasteiger partial charge on any atom is -0.302 e. The van der Waals surface area contributed by atoms with Crippen molar-refractivity contribution >= 4 is 61.5 Å². The lowest BCUT2D eigenvalue weighted by Gasteiger charge is -2.10. The number of carbonyl (C=O) groups is 3. The van der Waals surface area contributed by atoms with E-state index >= 15 is 0 Å². The Morgan fingerprint density at radius 1 is 1.00 bits per heavy atom. The molecule has 1 aromatic heterocycles. The van der Waals surface area contributed by atoms with Crippen molar-refractivity contribution in [3.63, 3.8) is 0 Å². The van der Waals surface area contributed by atoms with Gasteiger partial charge in [0.15, 0.2) is 5.13 Å². The number of aromatic nitrogens is 1. The molecule has 0 radical (unpaired) electrons. The molecule has 0 unspecified atom stereocenters. The number of halogens is 1. The largest absolute Gasteiger partial charge is 0.302 e. The Morgan fingerprint density at radius 3 is 2.44 bits per heavy atom. The Hall–Kier alpha value is -3.48. The Balaban J connectivity index is 1.66. The van der Waals surface area contributed by atoms with E-state index in [1.165, 1.54) is 42.6 Å². The summed E-state index contributed by atoms with van der Waals surface area (Å²) in [5.74, 6) is -1.78. The molecule has 4 N–H and O–H groups in total. The SMILES string of the molecule is CC(=O)Nc1nc(C(=O)NNC(=O)c2cccc(S(=O)(=O)Nc3cccc(Cl)c3)c2)cs1. The first-order valence-corrected chi connectivity index (χ1v) is 11.6. The lowest BCUT2D eigenvalue weighted by atomic mass is 10.2. The molecule has 0 fully saturated rings. The smallest absolute Gasteiger partial charge is 0.289 e. The summed E-state index contributed by atoms with van der Waals surface area (Å²) in [4.78, 5) is 39.3. The minimum atomic E-state index is -3.99. The van der Waals surface area contributed by atoms with E-state index in [2.05, 4.69) is 25.9 Å². The summed E-state index contributed by atoms with van der Waals surface area (Å²) in [6.45, 7) is 1.31. The van der Waals surface area contributed by atoms with Gasteiger partial charge in [0.05, 0.1) is 10.6 Å². The van der Waals surface area contributed by atoms with Crippen LogP contribution in [0.4, 0.5) is 10.8 Å². The third kappa shape index (κ3) is 6.03. The normalized spacial score (nSPS) is 10.8. The van der Waals surface area contributed by atoms with Crippen molar-refractivity contribution < 1.29 is 22.8 Å². The van der Waals surface area contributed by atoms with Crippen LogP contribution in [0.25, 0.3) is 0 Å². The summed E-state index contributed by atoms with van der Waals surface area (Å²) in [7, 11) is -3.99. The van der Waals surface area contributed by atoms with Gasteiger partial charge in [-0.25, -0.2) is 13.4 Å². The van der Waals surface area contributed by atoms with Crippen molar-refractivity contribution in [2.24, 2.45) is 0 Å². The van der Waals surface area contributed by atoms with Crippen LogP contribution in [0.3, 0.4) is 0 Å². The van der Waals surface area contributed by atoms with Gasteiger partial charge in [0, 0.05) is 22.9 Å². The van der Waals surface area contributed by atoms with Crippen LogP contribution in [0.1, 0.15) is 27.8 Å². The molecule has 0 aliphatic rings. The predicted molar refractivity (Wildman–Crippen MR) is 120 cm³/mol. The van der Waals surface area contributed by atoms with Crippen LogP contribution in [0.5, 0.6) is 0 Å². The molecular weight excluding hydrogens is 478 g/mol. The highest BCUT2D eigenvalue weighted by Crippen LogP contribution is 2.20. The van der Waals surface area contributed by atoms with Crippen LogP contribution in [0.15, 0.2) is 58.8 Å². The van der Waals surface area contributed by atoms with Crippen LogP contribution in [0, 0.1) is 0 Å². The molecule has 3 rings (SSSR count). The second-order valence-electron chi connectivity index (χ2n) is 6.27. The summed E-state index contributed by atoms with van der Waals surface area (Å²) in [6.07, 6.45) is 0. The van der Waals surface area contributed by atoms with Gasteiger partial charge in [-0.2, -0.15) is 0 Å². The number of hydrogen-bond donors (Lipinski definition) is 4. The maximum atomic E-state index is 12.6. The molecular formula is C19H16ClN5O5S2. The Kier molecular flexibility index (Phi) is 7.08. The number of nitrogens with zero attached hydrogens (tertiary/aromatic N) is 1. The molecule has 0 aliphatic carbocycles. The number of rotatable bonds is 6. The maximum Gasteiger partial charge on any atom is 0.289 e. The van der Waals surface area contributed by atoms with E-state index in [0.29, 0.717) is 5.02 Å². The van der Waals surface area contributed by atoms with Crippen molar-refractivity contribution in [3.05, 3.63) is 70.2 Å². The molecule has 2 aromatic carbocycles. The van der Waals surface area contributed by atoms with Crippen LogP contribution >= 0.6 is 22.9 Å². The fraction of sp³-hybridized carbons (Fsp3) is 0.0526. The number of anilines is 2. The molecule has 13 heteroatoms. The number of nitrogens with one attached hydrogen (secondary N) is 4. The van der Waals surface area contributed by atoms with Crippen molar-refractivity contribution in [3.8, 4) is 0 Å². The van der Waals surface area contributed by atoms with Crippen molar-refractivity contribution in [1.82, 2.24) is 15.8 Å². The summed E-state index contributed by atoms with van der Waals surface area (Å²) in [6, 6.07) is 11.4. The zero-order chi connectivity index (χ0) is 23.3. The quantitative estimate of drug-likeness (QED) is 0.388. The van der Waals surface area contributed by atoms with Gasteiger partial charge in [0.1, 0.15) is 5.69 Å². The average Bonchev–Trinajstić information content (AvgIpc) is 3.19. The van der Waals surface area contributed by atoms with Gasteiger partial charge in [-0.15, -0.1) is 11.3 Å². The van der Waals surface area contributed by atoms with Gasteiger partial charge >= 0.3 is 0 Å². The highest BCUT2D eigenvalue weighted by atomic mass is 35.5. The number of hydrogen-bond acceptors (Lipinski definition) is 7. The standard InChI is InChI=1S/C19H16ClN5O5S2/c1-11(26)21-19-22-16(10-31-19)18(28)24-23-17(27)12-4-2-7-15(8-12)32(29,30)25-14-6-3-5-13(20)9-14/h2-10,25H,1H3,(H,23,27)(H,24,28)(H,21,22,26). The van der Waals surface area contributed by atoms with E-state index in [9.17, 15) is 22.8 Å². The predicted octanol–water partition coefficient (Wildman–Crippen LogP) is 2.63. The van der Waals surface area contributed by atoms with Crippen molar-refractivity contribution in [2.45, 2.75) is 11.8 Å². The molecule has 1 heterocycles. The fourth-order valence-corrected chi connectivity index (χ4v) is 4.43. The minimum absolute atomic E-state index is 0.00326. The molecule has 3 amide bonds. The first kappa shape index (κ1) is 23.2. The highest BCUT2D eigenvalue weighted by Gasteiger charge is 2.18. The monoisotopic (exact) mass is 493 g/mol. The first-order valence-electron chi connectivity index (χ1n) is 8.86. The zero-order valence-electron chi connectivity index (χ0n) is 16.4. The van der Waals surface area contributed by atoms with Crippen LogP contribution in [-0.2, 0) is 14.8 Å². The third-order valence-electron chi connectivity index (χ3n) is 3.79. The highest BCUT2D eigenvalue weighted by molar-refractivity contribution is 7.92. The fourth-order valence-electron chi connectivity index (χ4n) is 2.41. The molecule has 0 spiro atoms. The lowest BCUT2D eigenvalue weighted by molar-refractivity contribution is -0.114. The first-order chi connectivity index (χ1) is 15.1. The van der Waals surface area contributed by atoms with E-state index in [0.717, 1.165) is 17.4 Å². The van der Waals surface area contributed by atoms with Crippen LogP contribution in [-0.4, -0.2) is 31.1 Å². The van der Waals surface area contributed by atoms with E-state index < -0.39 is 21.8 Å². The number of amides is 3. The molecule has 0 aliphatic heterocycles. The van der Waals surface area contributed by atoms with Gasteiger partial charge in [-0.3, -0.25) is 30.0 Å². The zero-order valence-corrected chi connectivity index (χ0v) is 18.8. The van der Waals surface area contributed by atoms with Crippen molar-refractivity contribution in [1.29, 1.82) is 0 Å². The Bertz CT molecular complexity index is 1290. The van der Waals surface area contributed by atoms with Crippen LogP contribution in [0.2, 0.25) is 5.02 Å². The summed E-state index contributed by atoms with van der Waals surface area (Å²) in [5.41, 5.74) is 4.62. The Morgan fingerprint density at radius 2 is 1.72 bits per heavy atom. The van der Waals surface area contributed by atoms with Gasteiger partial charge in [-0.1, -0.05) is 23.7 Å². The molecule has 166 valence electrons. The Labute approximate surface area is 192 Å². The molecule has 0 saturated heterocycles. The summed E-state index contributed by atoms with van der Waals surface area (Å²) in [5, 5.41) is 4.44. The second kappa shape index (κ2) is 9.77. The second-order valence-corrected chi connectivity index (χ2v) is 9.25. The van der Waals surface area contributed by atoms with Crippen LogP contribution < -0.4 is 20.9 Å². The average molecular weight is 494 g/mol. The number of thiazole rings is 1. The van der Waals surface area contributed by atoms with E-state index in [1.54, 1.807) is 12.1 Å². The van der Waals surface area contributed by atoms with Crippen molar-refractivity contribution in [2.75, 3.05) is 10.0 Å². The number of hydrazine groups is 1. The van der Waals surface area contributed by atoms with Gasteiger partial charge in [0.25, 0.3) is 21.8 Å². The topological polar surface area (TPSA) is 146 Å². The van der Waals surface area contributed by atoms with E-state index in [4.69, 9.17) is 11.6 Å². The molecule has 3 aromatic rings. The third-order valence-corrected chi connectivity index (χ3v) is 6.16. The molecule has 32 heavy (non-hydrogen) atoms. The molecule has 0 bridgehead atoms. The van der Waals surface area contributed by atoms with Gasteiger partial charge in [0.2, 0.25) is 5.91 Å². The molecule has 0 atom stereocenters. The molecule has 10 nitrogen and oxygen atoms in total. The maximum absolute atomic E-state index is 12.6. The summed E-state index contributed by atoms with van der Waals surface area (Å²) < 4.78 is 27.6. The number of sulfonamides is 1. The summed E-state index contributed by atoms with van der Waals surface area (Å²) >= 11 is 6.91. The van der Waals surface area contributed by atoms with E-state index in [1.807, 2.05) is 0 Å². The number of carbonyl (C=O) groups excluding carboxylic acids is 3. The van der Waals surface area contributed by atoms with Gasteiger partial charge in [-0.05, 0) is 36.4 Å². The molecule has 0 saturated carbocycles. The van der Waals surface area contributed by atoms with E-state index in [-0.39, 0.29) is 32.9 Å².